The molecule has 0 amide bonds. The minimum Gasteiger partial charge on any atom is -0.455 e. The average molecular weight is 700 g/mol. The third kappa shape index (κ3) is 4.55. The van der Waals surface area contributed by atoms with Crippen LogP contribution in [0.5, 0.6) is 0 Å². The molecule has 0 unspecified atom stereocenters. The molecule has 3 heterocycles. The summed E-state index contributed by atoms with van der Waals surface area (Å²) < 4.78 is 12.1. The highest BCUT2D eigenvalue weighted by Crippen LogP contribution is 2.50. The van der Waals surface area contributed by atoms with Crippen LogP contribution in [0.15, 0.2) is 180 Å². The molecule has 3 aromatic heterocycles. The molecule has 244 valence electrons. The van der Waals surface area contributed by atoms with Crippen LogP contribution in [-0.4, -0.2) is 0 Å². The monoisotopic (exact) mass is 699 g/mol. The number of fused-ring (bicyclic) bond motifs is 9. The van der Waals surface area contributed by atoms with Crippen molar-refractivity contribution in [1.29, 1.82) is 0 Å². The predicted molar refractivity (Wildman–Crippen MR) is 225 cm³/mol. The van der Waals surface area contributed by atoms with Crippen LogP contribution in [0.2, 0.25) is 0 Å². The predicted octanol–water partition coefficient (Wildman–Crippen LogP) is 15.1. The van der Waals surface area contributed by atoms with E-state index in [-0.39, 0.29) is 0 Å². The highest BCUT2D eigenvalue weighted by molar-refractivity contribution is 7.26. The fourth-order valence-electron chi connectivity index (χ4n) is 7.91. The van der Waals surface area contributed by atoms with Crippen molar-refractivity contribution < 1.29 is 4.42 Å². The van der Waals surface area contributed by atoms with E-state index in [1.54, 1.807) is 0 Å². The summed E-state index contributed by atoms with van der Waals surface area (Å²) in [5.74, 6) is 0. The lowest BCUT2D eigenvalue weighted by molar-refractivity contribution is 0.670. The molecule has 8 aromatic carbocycles. The van der Waals surface area contributed by atoms with Crippen molar-refractivity contribution in [3.63, 3.8) is 0 Å². The highest BCUT2D eigenvalue weighted by Gasteiger charge is 2.25. The minimum absolute atomic E-state index is 0.875. The summed E-state index contributed by atoms with van der Waals surface area (Å²) in [7, 11) is 0. The summed E-state index contributed by atoms with van der Waals surface area (Å²) in [6, 6.07) is 63.6. The molecule has 0 saturated carbocycles. The van der Waals surface area contributed by atoms with E-state index in [2.05, 4.69) is 181 Å². The molecule has 0 aliphatic carbocycles. The molecule has 0 N–H and O–H groups in total. The van der Waals surface area contributed by atoms with E-state index in [9.17, 15) is 0 Å². The van der Waals surface area contributed by atoms with Gasteiger partial charge in [-0.05, 0) is 77.4 Å². The Labute approximate surface area is 308 Å². The number of nitrogens with zero attached hydrogens (tertiary/aromatic N) is 1. The largest absolute Gasteiger partial charge is 0.455 e. The number of rotatable bonds is 5. The van der Waals surface area contributed by atoms with Gasteiger partial charge >= 0.3 is 0 Å². The molecule has 52 heavy (non-hydrogen) atoms. The van der Waals surface area contributed by atoms with Crippen LogP contribution in [0.3, 0.4) is 0 Å². The third-order valence-electron chi connectivity index (χ3n) is 10.3. The zero-order chi connectivity index (χ0) is 34.2. The topological polar surface area (TPSA) is 16.4 Å². The molecule has 0 aliphatic rings. The second kappa shape index (κ2) is 11.7. The number of anilines is 3. The van der Waals surface area contributed by atoms with Crippen LogP contribution in [0.25, 0.3) is 84.5 Å². The van der Waals surface area contributed by atoms with Crippen molar-refractivity contribution in [2.24, 2.45) is 0 Å². The van der Waals surface area contributed by atoms with E-state index in [4.69, 9.17) is 4.42 Å². The molecule has 0 radical (unpaired) electrons. The summed E-state index contributed by atoms with van der Waals surface area (Å²) in [6.07, 6.45) is 0. The second-order valence-electron chi connectivity index (χ2n) is 13.2. The maximum Gasteiger partial charge on any atom is 0.145 e. The molecule has 0 aliphatic heterocycles. The molecular weight excluding hydrogens is 671 g/mol. The smallest absolute Gasteiger partial charge is 0.145 e. The van der Waals surface area contributed by atoms with Crippen molar-refractivity contribution in [3.05, 3.63) is 176 Å². The van der Waals surface area contributed by atoms with Gasteiger partial charge in [0, 0.05) is 57.0 Å². The molecule has 0 spiro atoms. The Hall–Kier alpha value is -6.20. The molecule has 0 atom stereocenters. The van der Waals surface area contributed by atoms with E-state index in [0.29, 0.717) is 0 Å². The van der Waals surface area contributed by atoms with Gasteiger partial charge in [-0.15, -0.1) is 22.7 Å². The molecule has 2 nitrogen and oxygen atoms in total. The summed E-state index contributed by atoms with van der Waals surface area (Å²) in [5.41, 5.74) is 9.63. The van der Waals surface area contributed by atoms with Crippen LogP contribution in [-0.2, 0) is 0 Å². The van der Waals surface area contributed by atoms with Crippen molar-refractivity contribution >= 4 is 102 Å². The SMILES string of the molecule is c1ccc(-c2ccc3c(c2)oc2c(-c4ccccc4)ccc(N(c4ccc5c(c4)sc4ccccc45)c4cccc5sc6ccccc6c45)c23)cc1. The minimum atomic E-state index is 0.875. The molecule has 4 heteroatoms. The first-order valence-electron chi connectivity index (χ1n) is 17.5. The second-order valence-corrected chi connectivity index (χ2v) is 15.4. The summed E-state index contributed by atoms with van der Waals surface area (Å²) in [6.45, 7) is 0. The van der Waals surface area contributed by atoms with Gasteiger partial charge in [0.15, 0.2) is 0 Å². The first kappa shape index (κ1) is 29.5. The summed E-state index contributed by atoms with van der Waals surface area (Å²) in [5, 5.41) is 7.32. The quantitative estimate of drug-likeness (QED) is 0.178. The van der Waals surface area contributed by atoms with Gasteiger partial charge in [-0.2, -0.15) is 0 Å². The average Bonchev–Trinajstić information content (AvgIpc) is 3.90. The number of hydrogen-bond acceptors (Lipinski definition) is 4. The first-order chi connectivity index (χ1) is 25.8. The Balaban J connectivity index is 1.25. The van der Waals surface area contributed by atoms with Crippen LogP contribution in [0.4, 0.5) is 17.1 Å². The lowest BCUT2D eigenvalue weighted by Gasteiger charge is -2.27. The van der Waals surface area contributed by atoms with Crippen LogP contribution in [0, 0.1) is 0 Å². The summed E-state index contributed by atoms with van der Waals surface area (Å²) >= 11 is 3.71. The fourth-order valence-corrected chi connectivity index (χ4v) is 10.2. The summed E-state index contributed by atoms with van der Waals surface area (Å²) in [4.78, 5) is 2.47. The molecule has 11 aromatic rings. The molecule has 0 bridgehead atoms. The van der Waals surface area contributed by atoms with Gasteiger partial charge in [-0.1, -0.05) is 115 Å². The van der Waals surface area contributed by atoms with Gasteiger partial charge in [-0.3, -0.25) is 0 Å². The number of thiophene rings is 2. The fraction of sp³-hybridized carbons (Fsp3) is 0. The van der Waals surface area contributed by atoms with Gasteiger partial charge in [0.05, 0.1) is 16.8 Å². The number of benzene rings is 8. The molecule has 11 rings (SSSR count). The zero-order valence-corrected chi connectivity index (χ0v) is 29.5. The van der Waals surface area contributed by atoms with Gasteiger partial charge in [-0.25, -0.2) is 0 Å². The van der Waals surface area contributed by atoms with Crippen molar-refractivity contribution in [3.8, 4) is 22.3 Å². The Kier molecular flexibility index (Phi) is 6.63. The van der Waals surface area contributed by atoms with Crippen molar-refractivity contribution in [2.75, 3.05) is 4.90 Å². The molecule has 0 fully saturated rings. The van der Waals surface area contributed by atoms with E-state index >= 15 is 0 Å². The van der Waals surface area contributed by atoms with Crippen LogP contribution < -0.4 is 4.90 Å². The van der Waals surface area contributed by atoms with Gasteiger partial charge < -0.3 is 9.32 Å². The Morgan fingerprint density at radius 2 is 1.02 bits per heavy atom. The van der Waals surface area contributed by atoms with Gasteiger partial charge in [0.2, 0.25) is 0 Å². The zero-order valence-electron chi connectivity index (χ0n) is 27.9. The van der Waals surface area contributed by atoms with E-state index in [1.807, 2.05) is 22.7 Å². The first-order valence-corrected chi connectivity index (χ1v) is 19.1. The lowest BCUT2D eigenvalue weighted by Crippen LogP contribution is -2.10. The number of furan rings is 1. The van der Waals surface area contributed by atoms with Crippen molar-refractivity contribution in [1.82, 2.24) is 0 Å². The molecular formula is C48H29NOS2. The Morgan fingerprint density at radius 1 is 0.385 bits per heavy atom. The van der Waals surface area contributed by atoms with Crippen molar-refractivity contribution in [2.45, 2.75) is 0 Å². The Bertz CT molecular complexity index is 3130. The third-order valence-corrected chi connectivity index (χ3v) is 12.5. The van der Waals surface area contributed by atoms with E-state index in [0.717, 1.165) is 55.7 Å². The van der Waals surface area contributed by atoms with E-state index in [1.165, 1.54) is 45.9 Å². The van der Waals surface area contributed by atoms with Crippen LogP contribution >= 0.6 is 22.7 Å². The normalized spacial score (nSPS) is 11.8. The van der Waals surface area contributed by atoms with Crippen LogP contribution in [0.1, 0.15) is 0 Å². The maximum atomic E-state index is 6.99. The van der Waals surface area contributed by atoms with E-state index < -0.39 is 0 Å². The van der Waals surface area contributed by atoms with Gasteiger partial charge in [0.1, 0.15) is 11.2 Å². The standard InChI is InChI=1S/C48H29NOS2/c1-3-12-30(13-4-1)32-22-24-37-41(28-32)50-48-34(31-14-5-2-6-15-31)26-27-40(47(37)48)49(33-23-25-36-35-16-7-9-19-42(35)52-45(36)29-33)39-18-11-21-44-46(39)38-17-8-10-20-43(38)51-44/h1-29H. The number of hydrogen-bond donors (Lipinski definition) is 0. The maximum absolute atomic E-state index is 6.99. The Morgan fingerprint density at radius 3 is 1.85 bits per heavy atom. The lowest BCUT2D eigenvalue weighted by atomic mass is 9.98. The molecule has 0 saturated heterocycles. The van der Waals surface area contributed by atoms with Gasteiger partial charge in [0.25, 0.3) is 0 Å². The highest BCUT2D eigenvalue weighted by atomic mass is 32.1.